The number of aryl methyl sites for hydroxylation is 1. The summed E-state index contributed by atoms with van der Waals surface area (Å²) in [6, 6.07) is 2.25. The molecule has 0 saturated carbocycles. The summed E-state index contributed by atoms with van der Waals surface area (Å²) in [7, 11) is 2.19. The lowest BCUT2D eigenvalue weighted by Gasteiger charge is -2.56. The number of carbonyl (C=O) groups excluding carboxylic acids is 1. The van der Waals surface area contributed by atoms with Crippen LogP contribution in [0.4, 0.5) is 0 Å². The minimum atomic E-state index is -0.644. The van der Waals surface area contributed by atoms with Gasteiger partial charge in [0.05, 0.1) is 0 Å². The molecule has 5 heteroatoms. The molecule has 4 aliphatic rings. The Morgan fingerprint density at radius 3 is 3.07 bits per heavy atom. The van der Waals surface area contributed by atoms with Crippen LogP contribution in [0.15, 0.2) is 30.4 Å². The van der Waals surface area contributed by atoms with Gasteiger partial charge in [0.15, 0.2) is 11.5 Å². The van der Waals surface area contributed by atoms with E-state index in [2.05, 4.69) is 18.0 Å². The standard InChI is InChI=1S/C23H27NO4/c1-24-10-9-23-16-7-8-18(26)22(23)28-21-19(27)12-14(6-4-2-3-5-11-25)15(20(21)23)13-17(16)24/h3,5,7-8,11-12,16-18,22,26-27H,2,4,6,9-10,13H2,1H3/t16-,17+,18-,22-,23-/m0/s1. The Hall–Kier alpha value is -2.11. The van der Waals surface area contributed by atoms with E-state index in [1.807, 2.05) is 18.2 Å². The second kappa shape index (κ2) is 6.46. The van der Waals surface area contributed by atoms with Crippen molar-refractivity contribution in [3.63, 3.8) is 0 Å². The summed E-state index contributed by atoms with van der Waals surface area (Å²) in [6.45, 7) is 0.974. The Bertz CT molecular complexity index is 876. The van der Waals surface area contributed by atoms with Gasteiger partial charge in [0.25, 0.3) is 0 Å². The highest BCUT2D eigenvalue weighted by Crippen LogP contribution is 2.63. The van der Waals surface area contributed by atoms with E-state index >= 15 is 0 Å². The number of rotatable bonds is 5. The number of aldehydes is 1. The lowest BCUT2D eigenvalue weighted by molar-refractivity contribution is -0.104. The van der Waals surface area contributed by atoms with Gasteiger partial charge in [0.2, 0.25) is 0 Å². The minimum Gasteiger partial charge on any atom is -0.504 e. The molecule has 0 unspecified atom stereocenters. The van der Waals surface area contributed by atoms with Crippen LogP contribution in [0.2, 0.25) is 0 Å². The molecule has 1 fully saturated rings. The number of phenols is 1. The molecule has 0 amide bonds. The highest BCUT2D eigenvalue weighted by atomic mass is 16.5. The van der Waals surface area contributed by atoms with E-state index < -0.39 is 6.10 Å². The first-order chi connectivity index (χ1) is 13.6. The van der Waals surface area contributed by atoms with E-state index in [4.69, 9.17) is 4.74 Å². The Kier molecular flexibility index (Phi) is 4.14. The van der Waals surface area contributed by atoms with Gasteiger partial charge in [-0.05, 0) is 69.0 Å². The molecule has 2 heterocycles. The fourth-order valence-electron chi connectivity index (χ4n) is 6.18. The van der Waals surface area contributed by atoms with Crippen LogP contribution < -0.4 is 4.74 Å². The van der Waals surface area contributed by atoms with E-state index in [0.717, 1.165) is 50.5 Å². The van der Waals surface area contributed by atoms with Crippen LogP contribution in [0.3, 0.4) is 0 Å². The summed E-state index contributed by atoms with van der Waals surface area (Å²) >= 11 is 0. The fourth-order valence-corrected chi connectivity index (χ4v) is 6.18. The van der Waals surface area contributed by atoms with E-state index in [1.165, 1.54) is 11.1 Å². The Labute approximate surface area is 165 Å². The van der Waals surface area contributed by atoms with Gasteiger partial charge in [-0.3, -0.25) is 4.79 Å². The number of hydrogen-bond donors (Lipinski definition) is 2. The third-order valence-corrected chi connectivity index (χ3v) is 7.40. The van der Waals surface area contributed by atoms with Gasteiger partial charge in [0, 0.05) is 22.9 Å². The lowest BCUT2D eigenvalue weighted by atomic mass is 9.53. The smallest absolute Gasteiger partial charge is 0.165 e. The van der Waals surface area contributed by atoms with Gasteiger partial charge in [-0.15, -0.1) is 0 Å². The SMILES string of the molecule is CN1CC[C@]23c4c5c(CCCC=CC=O)cc(O)c4O[C@H]2[C@@H](O)C=C[C@H]3[C@H]1C5. The maximum Gasteiger partial charge on any atom is 0.165 e. The number of likely N-dealkylation sites (tertiary alicyclic amines) is 1. The van der Waals surface area contributed by atoms with Gasteiger partial charge in [-0.25, -0.2) is 0 Å². The molecule has 148 valence electrons. The lowest BCUT2D eigenvalue weighted by Crippen LogP contribution is -2.64. The van der Waals surface area contributed by atoms with Gasteiger partial charge < -0.3 is 19.8 Å². The molecule has 5 nitrogen and oxygen atoms in total. The zero-order chi connectivity index (χ0) is 19.5. The number of ether oxygens (including phenoxy) is 1. The number of aromatic hydroxyl groups is 1. The zero-order valence-electron chi connectivity index (χ0n) is 16.2. The molecule has 2 bridgehead atoms. The summed E-state index contributed by atoms with van der Waals surface area (Å²) in [4.78, 5) is 12.9. The van der Waals surface area contributed by atoms with E-state index in [9.17, 15) is 15.0 Å². The fraction of sp³-hybridized carbons (Fsp3) is 0.522. The van der Waals surface area contributed by atoms with Crippen LogP contribution in [0, 0.1) is 5.92 Å². The number of phenolic OH excluding ortho intramolecular Hbond substituents is 1. The van der Waals surface area contributed by atoms with Crippen molar-refractivity contribution in [2.45, 2.75) is 55.8 Å². The van der Waals surface area contributed by atoms with Gasteiger partial charge in [-0.2, -0.15) is 0 Å². The number of carbonyl (C=O) groups is 1. The van der Waals surface area contributed by atoms with Gasteiger partial charge in [-0.1, -0.05) is 18.2 Å². The van der Waals surface area contributed by atoms with Crippen molar-refractivity contribution in [3.8, 4) is 11.5 Å². The number of unbranched alkanes of at least 4 members (excludes halogenated alkanes) is 1. The highest BCUT2D eigenvalue weighted by Gasteiger charge is 2.64. The number of hydrogen-bond acceptors (Lipinski definition) is 5. The summed E-state index contributed by atoms with van der Waals surface area (Å²) in [6.07, 6.45) is 11.9. The van der Waals surface area contributed by atoms with Crippen molar-refractivity contribution >= 4 is 6.29 Å². The Morgan fingerprint density at radius 2 is 2.25 bits per heavy atom. The molecule has 1 saturated heterocycles. The largest absolute Gasteiger partial charge is 0.504 e. The van der Waals surface area contributed by atoms with Crippen molar-refractivity contribution in [1.82, 2.24) is 4.90 Å². The van der Waals surface area contributed by atoms with Crippen molar-refractivity contribution < 1.29 is 19.7 Å². The van der Waals surface area contributed by atoms with Crippen molar-refractivity contribution in [2.24, 2.45) is 5.92 Å². The average Bonchev–Trinajstić information content (AvgIpc) is 3.03. The molecule has 5 atom stereocenters. The third-order valence-electron chi connectivity index (χ3n) is 7.40. The van der Waals surface area contributed by atoms with Crippen LogP contribution in [0.1, 0.15) is 36.0 Å². The van der Waals surface area contributed by atoms with E-state index in [1.54, 1.807) is 6.08 Å². The Morgan fingerprint density at radius 1 is 1.39 bits per heavy atom. The van der Waals surface area contributed by atoms with Crippen LogP contribution in [0.5, 0.6) is 11.5 Å². The summed E-state index contributed by atoms with van der Waals surface area (Å²) in [5, 5.41) is 21.5. The molecular weight excluding hydrogens is 354 g/mol. The zero-order valence-corrected chi connectivity index (χ0v) is 16.2. The summed E-state index contributed by atoms with van der Waals surface area (Å²) in [5.41, 5.74) is 3.42. The molecule has 2 N–H and O–H groups in total. The molecule has 0 aromatic heterocycles. The first kappa shape index (κ1) is 18.0. The first-order valence-corrected chi connectivity index (χ1v) is 10.3. The molecular formula is C23H27NO4. The highest BCUT2D eigenvalue weighted by molar-refractivity contribution is 5.65. The molecule has 1 aromatic carbocycles. The monoisotopic (exact) mass is 381 g/mol. The van der Waals surface area contributed by atoms with Gasteiger partial charge in [0.1, 0.15) is 18.5 Å². The molecule has 5 rings (SSSR count). The number of benzene rings is 1. The van der Waals surface area contributed by atoms with E-state index in [0.29, 0.717) is 17.7 Å². The first-order valence-electron chi connectivity index (χ1n) is 10.3. The molecule has 1 spiro atoms. The quantitative estimate of drug-likeness (QED) is 0.354. The predicted octanol–water partition coefficient (Wildman–Crippen LogP) is 2.28. The predicted molar refractivity (Wildman–Crippen MR) is 106 cm³/mol. The summed E-state index contributed by atoms with van der Waals surface area (Å²) in [5.74, 6) is 1.10. The van der Waals surface area contributed by atoms with Crippen LogP contribution in [0.25, 0.3) is 0 Å². The normalized spacial score (nSPS) is 35.1. The second-order valence-electron chi connectivity index (χ2n) is 8.68. The molecule has 2 aliphatic heterocycles. The van der Waals surface area contributed by atoms with Crippen LogP contribution in [-0.4, -0.2) is 53.2 Å². The average molecular weight is 381 g/mol. The van der Waals surface area contributed by atoms with Crippen molar-refractivity contribution in [2.75, 3.05) is 13.6 Å². The number of nitrogens with zero attached hydrogens (tertiary/aromatic N) is 1. The number of aliphatic hydroxyl groups excluding tert-OH is 1. The number of likely N-dealkylation sites (N-methyl/N-ethyl adjacent to an activating group) is 1. The van der Waals surface area contributed by atoms with E-state index in [-0.39, 0.29) is 17.3 Å². The maximum atomic E-state index is 10.8. The maximum absolute atomic E-state index is 10.8. The van der Waals surface area contributed by atoms with Crippen LogP contribution in [-0.2, 0) is 23.1 Å². The number of allylic oxidation sites excluding steroid dienone is 2. The number of piperidine rings is 1. The minimum absolute atomic E-state index is 0.198. The topological polar surface area (TPSA) is 70.0 Å². The Balaban J connectivity index is 1.61. The van der Waals surface area contributed by atoms with Crippen molar-refractivity contribution in [1.29, 1.82) is 0 Å². The van der Waals surface area contributed by atoms with Gasteiger partial charge >= 0.3 is 0 Å². The van der Waals surface area contributed by atoms with Crippen LogP contribution >= 0.6 is 0 Å². The van der Waals surface area contributed by atoms with Crippen molar-refractivity contribution in [3.05, 3.63) is 47.1 Å². The third kappa shape index (κ3) is 2.29. The summed E-state index contributed by atoms with van der Waals surface area (Å²) < 4.78 is 6.25. The number of aliphatic hydroxyl groups is 1. The molecule has 28 heavy (non-hydrogen) atoms. The second-order valence-corrected chi connectivity index (χ2v) is 8.68. The molecule has 1 aromatic rings. The molecule has 0 radical (unpaired) electrons. The molecule has 2 aliphatic carbocycles.